The van der Waals surface area contributed by atoms with E-state index in [1.807, 2.05) is 18.2 Å². The first kappa shape index (κ1) is 21.7. The Bertz CT molecular complexity index is 1030. The van der Waals surface area contributed by atoms with Gasteiger partial charge in [-0.15, -0.1) is 0 Å². The number of carbonyl (C=O) groups is 2. The number of halogens is 2. The summed E-state index contributed by atoms with van der Waals surface area (Å²) in [6.45, 7) is -0.299. The molecule has 3 aromatic rings. The normalized spacial score (nSPS) is 10.2. The summed E-state index contributed by atoms with van der Waals surface area (Å²) in [6, 6.07) is 20.9. The van der Waals surface area contributed by atoms with Crippen molar-refractivity contribution < 1.29 is 19.1 Å². The molecule has 0 heterocycles. The molecular weight excluding hydrogens is 472 g/mol. The number of para-hydroxylation sites is 1. The van der Waals surface area contributed by atoms with E-state index in [1.165, 1.54) is 0 Å². The van der Waals surface area contributed by atoms with Crippen molar-refractivity contribution in [3.8, 4) is 11.5 Å². The van der Waals surface area contributed by atoms with E-state index in [4.69, 9.17) is 21.1 Å². The minimum Gasteiger partial charge on any atom is -0.484 e. The SMILES string of the molecule is O=C(COc1ccccc1)Nc1cccc(NC(=O)COc2ccc(Cl)cc2Br)c1. The second-order valence-electron chi connectivity index (χ2n) is 6.14. The van der Waals surface area contributed by atoms with Gasteiger partial charge in [0.25, 0.3) is 11.8 Å². The Morgan fingerprint density at radius 3 is 2.07 bits per heavy atom. The molecule has 0 aromatic heterocycles. The second-order valence-corrected chi connectivity index (χ2v) is 7.43. The van der Waals surface area contributed by atoms with Gasteiger partial charge >= 0.3 is 0 Å². The van der Waals surface area contributed by atoms with Gasteiger partial charge in [-0.2, -0.15) is 0 Å². The Labute approximate surface area is 187 Å². The van der Waals surface area contributed by atoms with Gasteiger partial charge in [0.05, 0.1) is 4.47 Å². The van der Waals surface area contributed by atoms with Gasteiger partial charge in [-0.3, -0.25) is 9.59 Å². The van der Waals surface area contributed by atoms with Crippen molar-refractivity contribution in [3.63, 3.8) is 0 Å². The van der Waals surface area contributed by atoms with E-state index in [0.717, 1.165) is 0 Å². The maximum Gasteiger partial charge on any atom is 0.262 e. The Morgan fingerprint density at radius 1 is 0.800 bits per heavy atom. The summed E-state index contributed by atoms with van der Waals surface area (Å²) in [5, 5.41) is 6.02. The topological polar surface area (TPSA) is 76.7 Å². The fourth-order valence-corrected chi connectivity index (χ4v) is 3.27. The van der Waals surface area contributed by atoms with Gasteiger partial charge in [0, 0.05) is 16.4 Å². The van der Waals surface area contributed by atoms with E-state index >= 15 is 0 Å². The molecule has 2 amide bonds. The van der Waals surface area contributed by atoms with E-state index < -0.39 is 0 Å². The van der Waals surface area contributed by atoms with Crippen molar-refractivity contribution in [1.82, 2.24) is 0 Å². The number of carbonyl (C=O) groups excluding carboxylic acids is 2. The fraction of sp³-hybridized carbons (Fsp3) is 0.0909. The number of ether oxygens (including phenoxy) is 2. The predicted molar refractivity (Wildman–Crippen MR) is 120 cm³/mol. The van der Waals surface area contributed by atoms with Crippen molar-refractivity contribution in [3.05, 3.63) is 82.3 Å². The third-order valence-corrected chi connectivity index (χ3v) is 4.65. The molecule has 0 aliphatic heterocycles. The molecule has 0 aliphatic rings. The van der Waals surface area contributed by atoms with E-state index in [9.17, 15) is 9.59 Å². The summed E-state index contributed by atoms with van der Waals surface area (Å²) in [5.41, 5.74) is 1.07. The first-order chi connectivity index (χ1) is 14.5. The van der Waals surface area contributed by atoms with Gasteiger partial charge in [-0.1, -0.05) is 35.9 Å². The highest BCUT2D eigenvalue weighted by atomic mass is 79.9. The fourth-order valence-electron chi connectivity index (χ4n) is 2.47. The van der Waals surface area contributed by atoms with Crippen LogP contribution in [-0.4, -0.2) is 25.0 Å². The van der Waals surface area contributed by atoms with Crippen LogP contribution in [0, 0.1) is 0 Å². The lowest BCUT2D eigenvalue weighted by Gasteiger charge is -2.11. The van der Waals surface area contributed by atoms with Crippen LogP contribution in [-0.2, 0) is 9.59 Å². The molecule has 0 fully saturated rings. The number of amides is 2. The van der Waals surface area contributed by atoms with Crippen LogP contribution in [0.25, 0.3) is 0 Å². The molecule has 0 saturated heterocycles. The van der Waals surface area contributed by atoms with Crippen LogP contribution in [0.1, 0.15) is 0 Å². The molecule has 0 radical (unpaired) electrons. The first-order valence-electron chi connectivity index (χ1n) is 8.95. The third-order valence-electron chi connectivity index (χ3n) is 3.80. The number of nitrogens with one attached hydrogen (secondary N) is 2. The van der Waals surface area contributed by atoms with Gasteiger partial charge in [-0.25, -0.2) is 0 Å². The van der Waals surface area contributed by atoms with Crippen molar-refractivity contribution in [2.75, 3.05) is 23.8 Å². The van der Waals surface area contributed by atoms with Crippen LogP contribution >= 0.6 is 27.5 Å². The predicted octanol–water partition coefficient (Wildman–Crippen LogP) is 5.14. The Hall–Kier alpha value is -3.03. The lowest BCUT2D eigenvalue weighted by molar-refractivity contribution is -0.118. The zero-order chi connectivity index (χ0) is 21.3. The lowest BCUT2D eigenvalue weighted by atomic mass is 10.2. The lowest BCUT2D eigenvalue weighted by Crippen LogP contribution is -2.21. The molecule has 6 nitrogen and oxygen atoms in total. The van der Waals surface area contributed by atoms with Crippen molar-refractivity contribution >= 4 is 50.7 Å². The summed E-state index contributed by atoms with van der Waals surface area (Å²) in [6.07, 6.45) is 0. The van der Waals surface area contributed by atoms with E-state index in [0.29, 0.717) is 32.4 Å². The maximum atomic E-state index is 12.2. The third kappa shape index (κ3) is 6.79. The number of anilines is 2. The largest absolute Gasteiger partial charge is 0.484 e. The second kappa shape index (κ2) is 10.7. The first-order valence-corrected chi connectivity index (χ1v) is 10.1. The van der Waals surface area contributed by atoms with Crippen LogP contribution in [0.3, 0.4) is 0 Å². The number of rotatable bonds is 8. The number of hydrogen-bond acceptors (Lipinski definition) is 4. The molecule has 0 aliphatic carbocycles. The highest BCUT2D eigenvalue weighted by Gasteiger charge is 2.08. The molecule has 0 spiro atoms. The zero-order valence-electron chi connectivity index (χ0n) is 15.7. The summed E-state index contributed by atoms with van der Waals surface area (Å²) >= 11 is 9.22. The Balaban J connectivity index is 1.49. The molecule has 8 heteroatoms. The zero-order valence-corrected chi connectivity index (χ0v) is 18.1. The quantitative estimate of drug-likeness (QED) is 0.459. The van der Waals surface area contributed by atoms with E-state index in [1.54, 1.807) is 54.6 Å². The molecule has 154 valence electrons. The Morgan fingerprint density at radius 2 is 1.43 bits per heavy atom. The summed E-state index contributed by atoms with van der Waals surface area (Å²) < 4.78 is 11.6. The average Bonchev–Trinajstić information content (AvgIpc) is 2.73. The number of benzene rings is 3. The molecule has 3 rings (SSSR count). The Kier molecular flexibility index (Phi) is 7.70. The molecule has 0 atom stereocenters. The van der Waals surface area contributed by atoms with E-state index in [-0.39, 0.29) is 25.0 Å². The monoisotopic (exact) mass is 488 g/mol. The molecule has 30 heavy (non-hydrogen) atoms. The summed E-state index contributed by atoms with van der Waals surface area (Å²) in [7, 11) is 0. The average molecular weight is 490 g/mol. The van der Waals surface area contributed by atoms with Crippen LogP contribution in [0.15, 0.2) is 77.3 Å². The van der Waals surface area contributed by atoms with Crippen molar-refractivity contribution in [2.45, 2.75) is 0 Å². The molecule has 3 aromatic carbocycles. The van der Waals surface area contributed by atoms with Crippen LogP contribution in [0.4, 0.5) is 11.4 Å². The smallest absolute Gasteiger partial charge is 0.262 e. The molecule has 0 unspecified atom stereocenters. The molecule has 0 bridgehead atoms. The van der Waals surface area contributed by atoms with Gasteiger partial charge in [0.15, 0.2) is 13.2 Å². The van der Waals surface area contributed by atoms with E-state index in [2.05, 4.69) is 26.6 Å². The van der Waals surface area contributed by atoms with Gasteiger partial charge in [0.2, 0.25) is 0 Å². The highest BCUT2D eigenvalue weighted by Crippen LogP contribution is 2.28. The summed E-state index contributed by atoms with van der Waals surface area (Å²) in [5.74, 6) is 0.473. The molecule has 0 saturated carbocycles. The number of hydrogen-bond donors (Lipinski definition) is 2. The highest BCUT2D eigenvalue weighted by molar-refractivity contribution is 9.10. The van der Waals surface area contributed by atoms with Gasteiger partial charge in [-0.05, 0) is 64.5 Å². The standard InChI is InChI=1S/C22H18BrClN2O4/c23-19-11-15(24)9-10-20(19)30-14-22(28)26-17-6-4-5-16(12-17)25-21(27)13-29-18-7-2-1-3-8-18/h1-12H,13-14H2,(H,25,27)(H,26,28). The molecular formula is C22H18BrClN2O4. The molecule has 2 N–H and O–H groups in total. The van der Waals surface area contributed by atoms with Gasteiger partial charge < -0.3 is 20.1 Å². The van der Waals surface area contributed by atoms with Crippen LogP contribution in [0.2, 0.25) is 5.02 Å². The maximum absolute atomic E-state index is 12.2. The summed E-state index contributed by atoms with van der Waals surface area (Å²) in [4.78, 5) is 24.2. The van der Waals surface area contributed by atoms with Gasteiger partial charge in [0.1, 0.15) is 11.5 Å². The van der Waals surface area contributed by atoms with Crippen molar-refractivity contribution in [2.24, 2.45) is 0 Å². The van der Waals surface area contributed by atoms with Crippen LogP contribution < -0.4 is 20.1 Å². The minimum absolute atomic E-state index is 0.121. The minimum atomic E-state index is -0.340. The van der Waals surface area contributed by atoms with Crippen molar-refractivity contribution in [1.29, 1.82) is 0 Å². The van der Waals surface area contributed by atoms with Crippen LogP contribution in [0.5, 0.6) is 11.5 Å².